The minimum Gasteiger partial charge on any atom is -0.393 e. The molecule has 0 aliphatic heterocycles. The van der Waals surface area contributed by atoms with E-state index in [0.717, 1.165) is 26.0 Å². The fraction of sp³-hybridized carbons (Fsp3) is 1.00. The summed E-state index contributed by atoms with van der Waals surface area (Å²) in [6.07, 6.45) is 2.13. The Morgan fingerprint density at radius 2 is 2.06 bits per heavy atom. The molecule has 0 bridgehead atoms. The van der Waals surface area contributed by atoms with E-state index in [1.807, 2.05) is 0 Å². The van der Waals surface area contributed by atoms with Crippen LogP contribution in [0.25, 0.3) is 0 Å². The summed E-state index contributed by atoms with van der Waals surface area (Å²) in [6.45, 7) is 12.4. The van der Waals surface area contributed by atoms with Crippen LogP contribution < -0.4 is 5.32 Å². The summed E-state index contributed by atoms with van der Waals surface area (Å²) < 4.78 is 5.70. The average molecular weight is 243 g/mol. The maximum atomic E-state index is 9.73. The van der Waals surface area contributed by atoms with Crippen molar-refractivity contribution in [3.05, 3.63) is 0 Å². The van der Waals surface area contributed by atoms with Crippen molar-refractivity contribution in [1.82, 2.24) is 5.32 Å². The fourth-order valence-electron chi connectivity index (χ4n) is 2.45. The van der Waals surface area contributed by atoms with Crippen molar-refractivity contribution in [2.24, 2.45) is 11.3 Å². The van der Waals surface area contributed by atoms with Crippen LogP contribution in [0.15, 0.2) is 0 Å². The van der Waals surface area contributed by atoms with Gasteiger partial charge in [0, 0.05) is 18.1 Å². The quantitative estimate of drug-likeness (QED) is 0.720. The molecule has 3 atom stereocenters. The molecule has 0 saturated heterocycles. The van der Waals surface area contributed by atoms with Gasteiger partial charge in [0.2, 0.25) is 0 Å². The normalized spacial score (nSPS) is 29.1. The van der Waals surface area contributed by atoms with Gasteiger partial charge in [0.25, 0.3) is 0 Å². The molecule has 102 valence electrons. The molecule has 3 heteroatoms. The van der Waals surface area contributed by atoms with Crippen molar-refractivity contribution in [3.8, 4) is 0 Å². The van der Waals surface area contributed by atoms with Crippen LogP contribution in [0.4, 0.5) is 0 Å². The molecule has 0 amide bonds. The Kier molecular flexibility index (Phi) is 5.42. The fourth-order valence-corrected chi connectivity index (χ4v) is 2.45. The van der Waals surface area contributed by atoms with E-state index in [9.17, 15) is 5.11 Å². The van der Waals surface area contributed by atoms with Crippen LogP contribution in [-0.2, 0) is 4.74 Å². The highest BCUT2D eigenvalue weighted by Gasteiger charge is 2.48. The Morgan fingerprint density at radius 3 is 2.53 bits per heavy atom. The molecule has 0 spiro atoms. The van der Waals surface area contributed by atoms with Gasteiger partial charge < -0.3 is 15.2 Å². The molecule has 0 aromatic rings. The summed E-state index contributed by atoms with van der Waals surface area (Å²) in [4.78, 5) is 0. The van der Waals surface area contributed by atoms with E-state index in [-0.39, 0.29) is 11.5 Å². The Balaban J connectivity index is 2.22. The average Bonchev–Trinajstić information content (AvgIpc) is 2.26. The summed E-state index contributed by atoms with van der Waals surface area (Å²) in [5.41, 5.74) is 0.221. The highest BCUT2D eigenvalue weighted by Crippen LogP contribution is 2.42. The molecule has 0 radical (unpaired) electrons. The molecule has 1 rings (SSSR count). The topological polar surface area (TPSA) is 41.5 Å². The third-order valence-electron chi connectivity index (χ3n) is 4.15. The minimum atomic E-state index is -0.187. The van der Waals surface area contributed by atoms with Gasteiger partial charge in [-0.05, 0) is 32.2 Å². The summed E-state index contributed by atoms with van der Waals surface area (Å²) in [6, 6.07) is 0.526. The molecule has 1 aliphatic carbocycles. The third-order valence-corrected chi connectivity index (χ3v) is 4.15. The molecule has 1 aliphatic rings. The summed E-state index contributed by atoms with van der Waals surface area (Å²) in [7, 11) is 0. The lowest BCUT2D eigenvalue weighted by atomic mass is 9.64. The van der Waals surface area contributed by atoms with Crippen molar-refractivity contribution >= 4 is 0 Å². The monoisotopic (exact) mass is 243 g/mol. The number of hydrogen-bond donors (Lipinski definition) is 2. The van der Waals surface area contributed by atoms with E-state index < -0.39 is 0 Å². The first-order valence-electron chi connectivity index (χ1n) is 6.92. The van der Waals surface area contributed by atoms with Crippen LogP contribution in [0, 0.1) is 11.3 Å². The highest BCUT2D eigenvalue weighted by molar-refractivity contribution is 5.02. The van der Waals surface area contributed by atoms with Crippen molar-refractivity contribution in [2.75, 3.05) is 13.2 Å². The SMILES string of the molecule is CCOC1CC(NCCC(O)C(C)C)C1(C)C. The van der Waals surface area contributed by atoms with Gasteiger partial charge in [-0.2, -0.15) is 0 Å². The van der Waals surface area contributed by atoms with E-state index in [2.05, 4.69) is 39.9 Å². The number of ether oxygens (including phenoxy) is 1. The molecule has 0 heterocycles. The van der Waals surface area contributed by atoms with Crippen LogP contribution in [0.3, 0.4) is 0 Å². The van der Waals surface area contributed by atoms with E-state index in [0.29, 0.717) is 18.1 Å². The molecule has 1 fully saturated rings. The summed E-state index contributed by atoms with van der Waals surface area (Å²) in [5, 5.41) is 13.3. The maximum Gasteiger partial charge on any atom is 0.0655 e. The second-order valence-corrected chi connectivity index (χ2v) is 6.11. The standard InChI is InChI=1S/C14H29NO2/c1-6-17-13-9-12(14(13,4)5)15-8-7-11(16)10(2)3/h10-13,15-16H,6-9H2,1-5H3. The van der Waals surface area contributed by atoms with Crippen molar-refractivity contribution in [3.63, 3.8) is 0 Å². The lowest BCUT2D eigenvalue weighted by molar-refractivity contribution is -0.114. The van der Waals surface area contributed by atoms with Crippen molar-refractivity contribution in [2.45, 2.75) is 65.7 Å². The molecule has 0 aromatic heterocycles. The van der Waals surface area contributed by atoms with Gasteiger partial charge >= 0.3 is 0 Å². The first kappa shape index (κ1) is 14.9. The Hall–Kier alpha value is -0.120. The van der Waals surface area contributed by atoms with Gasteiger partial charge in [-0.25, -0.2) is 0 Å². The van der Waals surface area contributed by atoms with Crippen LogP contribution >= 0.6 is 0 Å². The molecule has 2 N–H and O–H groups in total. The van der Waals surface area contributed by atoms with Gasteiger partial charge in [0.1, 0.15) is 0 Å². The van der Waals surface area contributed by atoms with E-state index in [1.54, 1.807) is 0 Å². The molecule has 0 aromatic carbocycles. The largest absolute Gasteiger partial charge is 0.393 e. The maximum absolute atomic E-state index is 9.73. The van der Waals surface area contributed by atoms with Crippen molar-refractivity contribution in [1.29, 1.82) is 0 Å². The lowest BCUT2D eigenvalue weighted by Crippen LogP contribution is -2.61. The number of aliphatic hydroxyl groups is 1. The molecule has 1 saturated carbocycles. The number of hydrogen-bond acceptors (Lipinski definition) is 3. The predicted molar refractivity (Wildman–Crippen MR) is 71.1 cm³/mol. The number of aliphatic hydroxyl groups excluding tert-OH is 1. The van der Waals surface area contributed by atoms with Gasteiger partial charge in [-0.15, -0.1) is 0 Å². The Bertz CT molecular complexity index is 228. The summed E-state index contributed by atoms with van der Waals surface area (Å²) in [5.74, 6) is 0.349. The minimum absolute atomic E-state index is 0.187. The van der Waals surface area contributed by atoms with Crippen LogP contribution in [0.2, 0.25) is 0 Å². The second kappa shape index (κ2) is 6.17. The van der Waals surface area contributed by atoms with Gasteiger partial charge in [0.05, 0.1) is 12.2 Å². The van der Waals surface area contributed by atoms with Gasteiger partial charge in [0.15, 0.2) is 0 Å². The summed E-state index contributed by atoms with van der Waals surface area (Å²) >= 11 is 0. The zero-order valence-corrected chi connectivity index (χ0v) is 12.0. The zero-order chi connectivity index (χ0) is 13.1. The van der Waals surface area contributed by atoms with Crippen molar-refractivity contribution < 1.29 is 9.84 Å². The predicted octanol–water partition coefficient (Wildman–Crippen LogP) is 2.19. The molecule has 17 heavy (non-hydrogen) atoms. The van der Waals surface area contributed by atoms with Crippen LogP contribution in [0.1, 0.15) is 47.5 Å². The molecule has 3 nitrogen and oxygen atoms in total. The second-order valence-electron chi connectivity index (χ2n) is 6.11. The molecule has 3 unspecified atom stereocenters. The zero-order valence-electron chi connectivity index (χ0n) is 12.0. The smallest absolute Gasteiger partial charge is 0.0655 e. The third kappa shape index (κ3) is 3.67. The van der Waals surface area contributed by atoms with Crippen LogP contribution in [0.5, 0.6) is 0 Å². The van der Waals surface area contributed by atoms with Crippen LogP contribution in [-0.4, -0.2) is 36.5 Å². The first-order valence-corrected chi connectivity index (χ1v) is 6.92. The highest BCUT2D eigenvalue weighted by atomic mass is 16.5. The van der Waals surface area contributed by atoms with E-state index in [1.165, 1.54) is 0 Å². The van der Waals surface area contributed by atoms with E-state index in [4.69, 9.17) is 4.74 Å². The molecular weight excluding hydrogens is 214 g/mol. The van der Waals surface area contributed by atoms with Gasteiger partial charge in [-0.3, -0.25) is 0 Å². The Labute approximate surface area is 106 Å². The lowest BCUT2D eigenvalue weighted by Gasteiger charge is -2.52. The Morgan fingerprint density at radius 1 is 1.41 bits per heavy atom. The van der Waals surface area contributed by atoms with E-state index >= 15 is 0 Å². The number of nitrogens with one attached hydrogen (secondary N) is 1. The first-order chi connectivity index (χ1) is 7.89. The number of rotatable bonds is 7. The van der Waals surface area contributed by atoms with Gasteiger partial charge in [-0.1, -0.05) is 27.7 Å². The molecular formula is C14H29NO2.